The van der Waals surface area contributed by atoms with Crippen LogP contribution >= 0.6 is 11.8 Å². The summed E-state index contributed by atoms with van der Waals surface area (Å²) in [6.45, 7) is 6.08. The monoisotopic (exact) mass is 416 g/mol. The summed E-state index contributed by atoms with van der Waals surface area (Å²) in [5, 5.41) is 2.86. The van der Waals surface area contributed by atoms with Crippen LogP contribution in [-0.2, 0) is 4.79 Å². The summed E-state index contributed by atoms with van der Waals surface area (Å²) < 4.78 is 0. The van der Waals surface area contributed by atoms with E-state index in [1.54, 1.807) is 11.8 Å². The number of anilines is 2. The highest BCUT2D eigenvalue weighted by molar-refractivity contribution is 8.00. The Morgan fingerprint density at radius 3 is 2.43 bits per heavy atom. The van der Waals surface area contributed by atoms with Crippen molar-refractivity contribution in [1.82, 2.24) is 0 Å². The first-order valence-corrected chi connectivity index (χ1v) is 11.0. The second-order valence-corrected chi connectivity index (χ2v) is 8.73. The summed E-state index contributed by atoms with van der Waals surface area (Å²) in [5.41, 5.74) is 6.64. The van der Waals surface area contributed by atoms with Crippen molar-refractivity contribution < 1.29 is 9.59 Å². The molecule has 30 heavy (non-hydrogen) atoms. The van der Waals surface area contributed by atoms with Gasteiger partial charge in [-0.2, -0.15) is 0 Å². The maximum Gasteiger partial charge on any atom is 0.255 e. The average Bonchev–Trinajstić information content (AvgIpc) is 3.10. The Morgan fingerprint density at radius 1 is 0.967 bits per heavy atom. The summed E-state index contributed by atoms with van der Waals surface area (Å²) in [4.78, 5) is 27.2. The molecule has 0 spiro atoms. The van der Waals surface area contributed by atoms with Crippen LogP contribution in [0.4, 0.5) is 11.4 Å². The lowest BCUT2D eigenvalue weighted by atomic mass is 10.1. The molecule has 1 aliphatic rings. The highest BCUT2D eigenvalue weighted by atomic mass is 32.2. The second kappa shape index (κ2) is 8.36. The van der Waals surface area contributed by atoms with E-state index in [-0.39, 0.29) is 17.2 Å². The van der Waals surface area contributed by atoms with Gasteiger partial charge in [0.05, 0.1) is 5.75 Å². The number of benzene rings is 3. The lowest BCUT2D eigenvalue weighted by Gasteiger charge is -2.26. The van der Waals surface area contributed by atoms with Crippen LogP contribution in [0, 0.1) is 20.8 Å². The zero-order valence-corrected chi connectivity index (χ0v) is 18.1. The van der Waals surface area contributed by atoms with Gasteiger partial charge in [0, 0.05) is 16.9 Å². The summed E-state index contributed by atoms with van der Waals surface area (Å²) in [6.07, 6.45) is 0. The summed E-state index contributed by atoms with van der Waals surface area (Å²) in [5.74, 6) is 0.400. The quantitative estimate of drug-likeness (QED) is 0.598. The molecule has 0 aromatic heterocycles. The van der Waals surface area contributed by atoms with Crippen molar-refractivity contribution >= 4 is 35.0 Å². The van der Waals surface area contributed by atoms with Gasteiger partial charge in [-0.05, 0) is 62.2 Å². The number of thioether (sulfide) groups is 1. The molecule has 1 N–H and O–H groups in total. The van der Waals surface area contributed by atoms with Gasteiger partial charge in [-0.1, -0.05) is 47.5 Å². The van der Waals surface area contributed by atoms with Crippen molar-refractivity contribution in [2.45, 2.75) is 26.1 Å². The predicted octanol–water partition coefficient (Wildman–Crippen LogP) is 5.64. The lowest BCUT2D eigenvalue weighted by molar-refractivity contribution is -0.115. The Bertz CT molecular complexity index is 1110. The first kappa shape index (κ1) is 20.2. The minimum atomic E-state index is -0.145. The zero-order valence-electron chi connectivity index (χ0n) is 17.3. The fourth-order valence-electron chi connectivity index (χ4n) is 3.68. The molecule has 0 aliphatic carbocycles. The molecule has 4 nitrogen and oxygen atoms in total. The summed E-state index contributed by atoms with van der Waals surface area (Å²) >= 11 is 1.61. The third-order valence-corrected chi connectivity index (χ3v) is 6.44. The fourth-order valence-corrected chi connectivity index (χ4v) is 4.84. The largest absolute Gasteiger partial charge is 0.322 e. The van der Waals surface area contributed by atoms with Crippen molar-refractivity contribution in [1.29, 1.82) is 0 Å². The van der Waals surface area contributed by atoms with E-state index in [9.17, 15) is 9.59 Å². The van der Waals surface area contributed by atoms with Gasteiger partial charge in [0.25, 0.3) is 5.91 Å². The van der Waals surface area contributed by atoms with E-state index >= 15 is 0 Å². The van der Waals surface area contributed by atoms with Gasteiger partial charge in [0.15, 0.2) is 0 Å². The minimum absolute atomic E-state index is 0.103. The van der Waals surface area contributed by atoms with Gasteiger partial charge < -0.3 is 5.32 Å². The molecule has 3 aromatic rings. The van der Waals surface area contributed by atoms with E-state index in [2.05, 4.69) is 18.3 Å². The number of hydrogen-bond acceptors (Lipinski definition) is 3. The molecule has 1 heterocycles. The van der Waals surface area contributed by atoms with E-state index in [4.69, 9.17) is 0 Å². The van der Waals surface area contributed by atoms with Crippen LogP contribution in [0.15, 0.2) is 66.7 Å². The molecule has 1 fully saturated rings. The van der Waals surface area contributed by atoms with Gasteiger partial charge >= 0.3 is 0 Å². The number of nitrogens with zero attached hydrogens (tertiary/aromatic N) is 1. The van der Waals surface area contributed by atoms with Gasteiger partial charge in [-0.15, -0.1) is 11.8 Å². The normalized spacial score (nSPS) is 16.0. The maximum absolute atomic E-state index is 12.7. The molecule has 1 aliphatic heterocycles. The summed E-state index contributed by atoms with van der Waals surface area (Å²) in [6, 6.07) is 21.4. The third kappa shape index (κ3) is 4.12. The standard InChI is InChI=1S/C25H24N2O2S/c1-16-7-10-19(11-8-16)24(29)26-21-6-4-5-20(14-21)25-27(23(28)15-30-25)22-12-9-17(2)13-18(22)3/h4-14,25H,15H2,1-3H3,(H,26,29). The predicted molar refractivity (Wildman–Crippen MR) is 124 cm³/mol. The van der Waals surface area contributed by atoms with Crippen LogP contribution < -0.4 is 10.2 Å². The smallest absolute Gasteiger partial charge is 0.255 e. The molecular formula is C25H24N2O2S. The van der Waals surface area contributed by atoms with Crippen LogP contribution in [0.25, 0.3) is 0 Å². The van der Waals surface area contributed by atoms with Crippen molar-refractivity contribution in [3.63, 3.8) is 0 Å². The third-order valence-electron chi connectivity index (χ3n) is 5.22. The first-order chi connectivity index (χ1) is 14.4. The molecular weight excluding hydrogens is 392 g/mol. The van der Waals surface area contributed by atoms with Crippen molar-refractivity contribution in [2.75, 3.05) is 16.0 Å². The molecule has 1 saturated heterocycles. The molecule has 5 heteroatoms. The Kier molecular flexibility index (Phi) is 5.64. The van der Waals surface area contributed by atoms with E-state index < -0.39 is 0 Å². The minimum Gasteiger partial charge on any atom is -0.322 e. The summed E-state index contributed by atoms with van der Waals surface area (Å²) in [7, 11) is 0. The number of carbonyl (C=O) groups is 2. The maximum atomic E-state index is 12.7. The van der Waals surface area contributed by atoms with Crippen LogP contribution in [0.5, 0.6) is 0 Å². The number of hydrogen-bond donors (Lipinski definition) is 1. The van der Waals surface area contributed by atoms with Gasteiger partial charge in [-0.3, -0.25) is 14.5 Å². The van der Waals surface area contributed by atoms with Crippen LogP contribution in [0.2, 0.25) is 0 Å². The average molecular weight is 417 g/mol. The number of rotatable bonds is 4. The Labute approximate surface area is 181 Å². The molecule has 0 radical (unpaired) electrons. The van der Waals surface area contributed by atoms with E-state index in [0.717, 1.165) is 28.1 Å². The first-order valence-electron chi connectivity index (χ1n) is 9.91. The SMILES string of the molecule is Cc1ccc(C(=O)Nc2cccc(C3SCC(=O)N3c3ccc(C)cc3C)c2)cc1. The molecule has 2 amide bonds. The molecule has 4 rings (SSSR count). The number of carbonyl (C=O) groups excluding carboxylic acids is 2. The van der Waals surface area contributed by atoms with Gasteiger partial charge in [-0.25, -0.2) is 0 Å². The molecule has 152 valence electrons. The molecule has 1 unspecified atom stereocenters. The highest BCUT2D eigenvalue weighted by Crippen LogP contribution is 2.43. The van der Waals surface area contributed by atoms with Crippen LogP contribution in [-0.4, -0.2) is 17.6 Å². The van der Waals surface area contributed by atoms with Crippen molar-refractivity contribution in [3.8, 4) is 0 Å². The highest BCUT2D eigenvalue weighted by Gasteiger charge is 2.34. The number of nitrogens with one attached hydrogen (secondary N) is 1. The molecule has 0 bridgehead atoms. The van der Waals surface area contributed by atoms with Crippen LogP contribution in [0.1, 0.15) is 38.0 Å². The Morgan fingerprint density at radius 2 is 1.70 bits per heavy atom. The second-order valence-electron chi connectivity index (χ2n) is 7.66. The Hall–Kier alpha value is -3.05. The fraction of sp³-hybridized carbons (Fsp3) is 0.200. The van der Waals surface area contributed by atoms with Crippen LogP contribution in [0.3, 0.4) is 0 Å². The molecule has 3 aromatic carbocycles. The van der Waals surface area contributed by atoms with E-state index in [0.29, 0.717) is 11.3 Å². The molecule has 0 saturated carbocycles. The zero-order chi connectivity index (χ0) is 21.3. The van der Waals surface area contributed by atoms with Gasteiger partial charge in [0.1, 0.15) is 5.37 Å². The van der Waals surface area contributed by atoms with Crippen molar-refractivity contribution in [2.24, 2.45) is 0 Å². The van der Waals surface area contributed by atoms with Crippen molar-refractivity contribution in [3.05, 3.63) is 94.5 Å². The molecule has 1 atom stereocenters. The van der Waals surface area contributed by atoms with Gasteiger partial charge in [0.2, 0.25) is 5.91 Å². The number of aryl methyl sites for hydroxylation is 3. The van der Waals surface area contributed by atoms with E-state index in [1.165, 1.54) is 5.56 Å². The number of amides is 2. The van der Waals surface area contributed by atoms with E-state index in [1.807, 2.05) is 79.4 Å². The Balaban J connectivity index is 1.60. The topological polar surface area (TPSA) is 49.4 Å². The lowest BCUT2D eigenvalue weighted by Crippen LogP contribution is -2.28.